The van der Waals surface area contributed by atoms with E-state index in [4.69, 9.17) is 9.52 Å². The third-order valence-electron chi connectivity index (χ3n) is 4.18. The molecule has 2 aromatic carbocycles. The number of hydrogen-bond donors (Lipinski definition) is 2. The molecule has 3 rings (SSSR count). The normalized spacial score (nSPS) is 11.7. The van der Waals surface area contributed by atoms with Crippen LogP contribution in [0.4, 0.5) is 4.39 Å². The Balaban J connectivity index is 1.91. The summed E-state index contributed by atoms with van der Waals surface area (Å²) in [4.78, 5) is 40.2. The standard InChI is InChI=1S/C21H17FN2O5/c1-12-23-17(14-9-5-6-10-15(14)22)19(29-12)20(26)24-16(18(25)21(27)28)11-13-7-3-2-4-8-13/h2-10,16H,11H2,1H3,(H,24,26)(H,27,28). The molecule has 0 saturated carbocycles. The average Bonchev–Trinajstić information content (AvgIpc) is 3.09. The maximum Gasteiger partial charge on any atom is 0.374 e. The highest BCUT2D eigenvalue weighted by molar-refractivity contribution is 6.35. The molecule has 1 unspecified atom stereocenters. The number of aromatic nitrogens is 1. The fourth-order valence-corrected chi connectivity index (χ4v) is 2.85. The van der Waals surface area contributed by atoms with Crippen LogP contribution in [0.5, 0.6) is 0 Å². The number of oxazole rings is 1. The Morgan fingerprint density at radius 3 is 2.41 bits per heavy atom. The Hall–Kier alpha value is -3.81. The monoisotopic (exact) mass is 396 g/mol. The third-order valence-corrected chi connectivity index (χ3v) is 4.18. The van der Waals surface area contributed by atoms with Gasteiger partial charge in [-0.05, 0) is 17.7 Å². The fourth-order valence-electron chi connectivity index (χ4n) is 2.85. The first-order chi connectivity index (χ1) is 13.9. The maximum atomic E-state index is 14.2. The van der Waals surface area contributed by atoms with Crippen LogP contribution < -0.4 is 5.32 Å². The van der Waals surface area contributed by atoms with Crippen molar-refractivity contribution in [3.05, 3.63) is 77.6 Å². The molecule has 1 atom stereocenters. The summed E-state index contributed by atoms with van der Waals surface area (Å²) in [5.41, 5.74) is 0.688. The predicted molar refractivity (Wildman–Crippen MR) is 101 cm³/mol. The minimum Gasteiger partial charge on any atom is -0.475 e. The van der Waals surface area contributed by atoms with E-state index in [0.717, 1.165) is 0 Å². The first kappa shape index (κ1) is 19.9. The molecule has 1 heterocycles. The molecule has 7 nitrogen and oxygen atoms in total. The number of amides is 1. The number of benzene rings is 2. The van der Waals surface area contributed by atoms with Crippen LogP contribution in [0.2, 0.25) is 0 Å². The molecule has 0 fully saturated rings. The van der Waals surface area contributed by atoms with Crippen LogP contribution in [0.15, 0.2) is 59.0 Å². The quantitative estimate of drug-likeness (QED) is 0.595. The SMILES string of the molecule is Cc1nc(-c2ccccc2F)c(C(=O)NC(Cc2ccccc2)C(=O)C(=O)O)o1. The number of aryl methyl sites for hydroxylation is 1. The van der Waals surface area contributed by atoms with Gasteiger partial charge < -0.3 is 14.8 Å². The van der Waals surface area contributed by atoms with Crippen LogP contribution in [0.1, 0.15) is 22.0 Å². The summed E-state index contributed by atoms with van der Waals surface area (Å²) in [5.74, 6) is -4.49. The van der Waals surface area contributed by atoms with Gasteiger partial charge in [0.1, 0.15) is 17.6 Å². The van der Waals surface area contributed by atoms with E-state index >= 15 is 0 Å². The highest BCUT2D eigenvalue weighted by atomic mass is 19.1. The molecular weight excluding hydrogens is 379 g/mol. The molecule has 1 amide bonds. The van der Waals surface area contributed by atoms with Crippen LogP contribution in [0.25, 0.3) is 11.3 Å². The van der Waals surface area contributed by atoms with Crippen molar-refractivity contribution in [1.29, 1.82) is 0 Å². The largest absolute Gasteiger partial charge is 0.475 e. The molecule has 0 radical (unpaired) electrons. The maximum absolute atomic E-state index is 14.2. The molecule has 0 aliphatic carbocycles. The zero-order chi connectivity index (χ0) is 21.0. The number of carboxylic acids is 1. The second kappa shape index (κ2) is 8.47. The van der Waals surface area contributed by atoms with Crippen molar-refractivity contribution in [2.24, 2.45) is 0 Å². The summed E-state index contributed by atoms with van der Waals surface area (Å²) in [5, 5.41) is 11.5. The summed E-state index contributed by atoms with van der Waals surface area (Å²) in [7, 11) is 0. The van der Waals surface area contributed by atoms with Gasteiger partial charge in [-0.3, -0.25) is 9.59 Å². The first-order valence-electron chi connectivity index (χ1n) is 8.71. The molecule has 0 spiro atoms. The molecule has 29 heavy (non-hydrogen) atoms. The summed E-state index contributed by atoms with van der Waals surface area (Å²) in [6, 6.07) is 13.0. The zero-order valence-corrected chi connectivity index (χ0v) is 15.4. The molecule has 8 heteroatoms. The second-order valence-electron chi connectivity index (χ2n) is 6.28. The highest BCUT2D eigenvalue weighted by Gasteiger charge is 2.30. The number of Topliss-reactive ketones (excluding diaryl/α,β-unsaturated/α-hetero) is 1. The second-order valence-corrected chi connectivity index (χ2v) is 6.28. The lowest BCUT2D eigenvalue weighted by Crippen LogP contribution is -2.45. The van der Waals surface area contributed by atoms with E-state index in [1.54, 1.807) is 36.4 Å². The lowest BCUT2D eigenvalue weighted by atomic mass is 10.0. The van der Waals surface area contributed by atoms with Crippen molar-refractivity contribution in [2.75, 3.05) is 0 Å². The zero-order valence-electron chi connectivity index (χ0n) is 15.4. The van der Waals surface area contributed by atoms with Gasteiger partial charge >= 0.3 is 5.97 Å². The Kier molecular flexibility index (Phi) is 5.82. The fraction of sp³-hybridized carbons (Fsp3) is 0.143. The van der Waals surface area contributed by atoms with Gasteiger partial charge in [0.05, 0.1) is 0 Å². The van der Waals surface area contributed by atoms with E-state index in [1.807, 2.05) is 0 Å². The van der Waals surface area contributed by atoms with Crippen molar-refractivity contribution >= 4 is 17.7 Å². The molecule has 3 aromatic rings. The number of aliphatic carboxylic acids is 1. The van der Waals surface area contributed by atoms with Crippen molar-refractivity contribution in [2.45, 2.75) is 19.4 Å². The van der Waals surface area contributed by atoms with Crippen molar-refractivity contribution < 1.29 is 28.3 Å². The van der Waals surface area contributed by atoms with E-state index in [2.05, 4.69) is 10.3 Å². The van der Waals surface area contributed by atoms with E-state index in [1.165, 1.54) is 25.1 Å². The number of carboxylic acid groups (broad SMARTS) is 1. The Morgan fingerprint density at radius 2 is 1.76 bits per heavy atom. The Morgan fingerprint density at radius 1 is 1.10 bits per heavy atom. The Labute approximate surface area is 165 Å². The first-order valence-corrected chi connectivity index (χ1v) is 8.71. The Bertz CT molecular complexity index is 1060. The van der Waals surface area contributed by atoms with Crippen LogP contribution in [0.3, 0.4) is 0 Å². The number of nitrogens with one attached hydrogen (secondary N) is 1. The molecule has 2 N–H and O–H groups in total. The summed E-state index contributed by atoms with van der Waals surface area (Å²) in [6.45, 7) is 1.49. The number of ketones is 1. The molecular formula is C21H17FN2O5. The lowest BCUT2D eigenvalue weighted by molar-refractivity contribution is -0.149. The number of carbonyl (C=O) groups excluding carboxylic acids is 2. The summed E-state index contributed by atoms with van der Waals surface area (Å²) >= 11 is 0. The van der Waals surface area contributed by atoms with Gasteiger partial charge in [-0.1, -0.05) is 42.5 Å². The minimum atomic E-state index is -1.67. The molecule has 0 saturated heterocycles. The molecule has 0 aliphatic heterocycles. The average molecular weight is 396 g/mol. The molecule has 1 aromatic heterocycles. The van der Waals surface area contributed by atoms with E-state index < -0.39 is 29.5 Å². The van der Waals surface area contributed by atoms with Gasteiger partial charge in [-0.25, -0.2) is 14.2 Å². The van der Waals surface area contributed by atoms with E-state index in [-0.39, 0.29) is 29.3 Å². The number of halogens is 1. The topological polar surface area (TPSA) is 110 Å². The molecule has 0 bridgehead atoms. The van der Waals surface area contributed by atoms with Crippen molar-refractivity contribution in [3.8, 4) is 11.3 Å². The third kappa shape index (κ3) is 4.55. The van der Waals surface area contributed by atoms with Gasteiger partial charge in [0.2, 0.25) is 5.76 Å². The van der Waals surface area contributed by atoms with Crippen molar-refractivity contribution in [1.82, 2.24) is 10.3 Å². The van der Waals surface area contributed by atoms with Crippen molar-refractivity contribution in [3.63, 3.8) is 0 Å². The van der Waals surface area contributed by atoms with E-state index in [0.29, 0.717) is 5.56 Å². The predicted octanol–water partition coefficient (Wildman–Crippen LogP) is 2.78. The smallest absolute Gasteiger partial charge is 0.374 e. The van der Waals surface area contributed by atoms with Crippen LogP contribution in [0, 0.1) is 12.7 Å². The van der Waals surface area contributed by atoms with Crippen LogP contribution in [-0.2, 0) is 16.0 Å². The van der Waals surface area contributed by atoms with Crippen LogP contribution in [-0.4, -0.2) is 33.8 Å². The van der Waals surface area contributed by atoms with Gasteiger partial charge in [0, 0.05) is 18.9 Å². The molecule has 0 aliphatic rings. The van der Waals surface area contributed by atoms with E-state index in [9.17, 15) is 18.8 Å². The summed E-state index contributed by atoms with van der Waals surface area (Å²) in [6.07, 6.45) is -0.0279. The lowest BCUT2D eigenvalue weighted by Gasteiger charge is -2.15. The van der Waals surface area contributed by atoms with Gasteiger partial charge in [-0.15, -0.1) is 0 Å². The number of carbonyl (C=O) groups is 3. The van der Waals surface area contributed by atoms with Gasteiger partial charge in [-0.2, -0.15) is 0 Å². The summed E-state index contributed by atoms with van der Waals surface area (Å²) < 4.78 is 19.5. The molecule has 148 valence electrons. The van der Waals surface area contributed by atoms with Gasteiger partial charge in [0.15, 0.2) is 5.89 Å². The number of hydrogen-bond acceptors (Lipinski definition) is 5. The highest BCUT2D eigenvalue weighted by Crippen LogP contribution is 2.26. The minimum absolute atomic E-state index is 0.0279. The van der Waals surface area contributed by atoms with Crippen LogP contribution >= 0.6 is 0 Å². The number of rotatable bonds is 7. The number of nitrogens with zero attached hydrogens (tertiary/aromatic N) is 1. The van der Waals surface area contributed by atoms with Gasteiger partial charge in [0.25, 0.3) is 11.7 Å².